The van der Waals surface area contributed by atoms with Crippen molar-refractivity contribution in [2.45, 2.75) is 88.9 Å². The summed E-state index contributed by atoms with van der Waals surface area (Å²) < 4.78 is 6.22. The summed E-state index contributed by atoms with van der Waals surface area (Å²) in [6.07, 6.45) is 12.1. The lowest BCUT2D eigenvalue weighted by Gasteiger charge is -2.48. The highest BCUT2D eigenvalue weighted by molar-refractivity contribution is 5.33. The first-order chi connectivity index (χ1) is 13.8. The van der Waals surface area contributed by atoms with Crippen LogP contribution in [0.4, 0.5) is 0 Å². The van der Waals surface area contributed by atoms with E-state index in [0.717, 1.165) is 38.2 Å². The van der Waals surface area contributed by atoms with E-state index >= 15 is 0 Å². The van der Waals surface area contributed by atoms with Crippen LogP contribution in [0.25, 0.3) is 0 Å². The highest BCUT2D eigenvalue weighted by Gasteiger charge is 2.37. The Hall–Kier alpha value is -1.10. The third-order valence-corrected chi connectivity index (χ3v) is 7.00. The highest BCUT2D eigenvalue weighted by atomic mass is 16.5. The van der Waals surface area contributed by atoms with Crippen LogP contribution in [0.5, 0.6) is 5.75 Å². The fraction of sp³-hybridized carbons (Fsp3) is 0.750. The van der Waals surface area contributed by atoms with Gasteiger partial charge in [-0.15, -0.1) is 0 Å². The molecule has 3 aliphatic rings. The van der Waals surface area contributed by atoms with Gasteiger partial charge in [0.15, 0.2) is 0 Å². The van der Waals surface area contributed by atoms with E-state index < -0.39 is 0 Å². The van der Waals surface area contributed by atoms with Gasteiger partial charge in [-0.2, -0.15) is 0 Å². The topological polar surface area (TPSA) is 35.9 Å². The number of piperidine rings is 3. The number of likely N-dealkylation sites (tertiary alicyclic amines) is 1. The van der Waals surface area contributed by atoms with Crippen molar-refractivity contribution in [3.63, 3.8) is 0 Å². The second-order valence-electron chi connectivity index (χ2n) is 9.10. The van der Waals surface area contributed by atoms with Crippen molar-refractivity contribution >= 4 is 0 Å². The van der Waals surface area contributed by atoms with Crippen molar-refractivity contribution in [3.8, 4) is 5.75 Å². The molecule has 1 N–H and O–H groups in total. The van der Waals surface area contributed by atoms with Crippen molar-refractivity contribution < 1.29 is 9.84 Å². The number of ether oxygens (including phenoxy) is 1. The molecule has 3 atom stereocenters. The zero-order chi connectivity index (χ0) is 19.2. The van der Waals surface area contributed by atoms with E-state index in [2.05, 4.69) is 34.1 Å². The molecule has 156 valence electrons. The lowest BCUT2D eigenvalue weighted by molar-refractivity contribution is -0.0315. The fourth-order valence-corrected chi connectivity index (χ4v) is 5.48. The van der Waals surface area contributed by atoms with Crippen molar-refractivity contribution in [2.75, 3.05) is 26.2 Å². The van der Waals surface area contributed by atoms with Gasteiger partial charge >= 0.3 is 0 Å². The number of aliphatic hydroxyl groups is 1. The highest BCUT2D eigenvalue weighted by Crippen LogP contribution is 2.36. The molecule has 0 spiro atoms. The molecule has 4 rings (SSSR count). The van der Waals surface area contributed by atoms with Crippen LogP contribution >= 0.6 is 0 Å². The summed E-state index contributed by atoms with van der Waals surface area (Å²) in [7, 11) is 0. The zero-order valence-corrected chi connectivity index (χ0v) is 17.4. The SMILES string of the molecule is OC1C[C@H]2CCC[C@@H](C1)N2Cc1ccccc1OCCCCN1CCCCC1. The van der Waals surface area contributed by atoms with Gasteiger partial charge in [-0.3, -0.25) is 4.90 Å². The molecular weight excluding hydrogens is 348 g/mol. The number of rotatable bonds is 8. The number of benzene rings is 1. The minimum atomic E-state index is -0.0991. The summed E-state index contributed by atoms with van der Waals surface area (Å²) in [4.78, 5) is 5.26. The average molecular weight is 387 g/mol. The summed E-state index contributed by atoms with van der Waals surface area (Å²) >= 11 is 0. The van der Waals surface area contributed by atoms with Crippen molar-refractivity contribution in [1.29, 1.82) is 0 Å². The van der Waals surface area contributed by atoms with Gasteiger partial charge in [0.25, 0.3) is 0 Å². The van der Waals surface area contributed by atoms with Crippen LogP contribution in [-0.4, -0.2) is 59.3 Å². The Labute approximate surface area is 170 Å². The number of fused-ring (bicyclic) bond motifs is 2. The average Bonchev–Trinajstić information content (AvgIpc) is 2.70. The molecule has 3 fully saturated rings. The molecule has 1 aromatic carbocycles. The number of hydrogen-bond acceptors (Lipinski definition) is 4. The number of nitrogens with zero attached hydrogens (tertiary/aromatic N) is 2. The molecule has 3 saturated heterocycles. The lowest BCUT2D eigenvalue weighted by atomic mass is 9.82. The van der Waals surface area contributed by atoms with E-state index in [0.29, 0.717) is 12.1 Å². The van der Waals surface area contributed by atoms with Crippen LogP contribution in [0.3, 0.4) is 0 Å². The molecule has 4 heteroatoms. The van der Waals surface area contributed by atoms with E-state index in [1.54, 1.807) is 0 Å². The van der Waals surface area contributed by atoms with Gasteiger partial charge in [0.1, 0.15) is 5.75 Å². The van der Waals surface area contributed by atoms with Gasteiger partial charge in [0.05, 0.1) is 12.7 Å². The summed E-state index contributed by atoms with van der Waals surface area (Å²) in [6, 6.07) is 9.67. The van der Waals surface area contributed by atoms with Crippen molar-refractivity contribution in [1.82, 2.24) is 9.80 Å². The molecule has 28 heavy (non-hydrogen) atoms. The molecule has 3 aliphatic heterocycles. The summed E-state index contributed by atoms with van der Waals surface area (Å²) in [5.41, 5.74) is 1.31. The first-order valence-corrected chi connectivity index (χ1v) is 11.7. The maximum atomic E-state index is 10.2. The zero-order valence-electron chi connectivity index (χ0n) is 17.4. The van der Waals surface area contributed by atoms with Gasteiger partial charge in [-0.25, -0.2) is 0 Å². The van der Waals surface area contributed by atoms with E-state index in [1.165, 1.54) is 70.1 Å². The second-order valence-corrected chi connectivity index (χ2v) is 9.10. The maximum Gasteiger partial charge on any atom is 0.123 e. The smallest absolute Gasteiger partial charge is 0.123 e. The molecule has 0 aromatic heterocycles. The largest absolute Gasteiger partial charge is 0.493 e. The van der Waals surface area contributed by atoms with Gasteiger partial charge in [-0.05, 0) is 77.1 Å². The first kappa shape index (κ1) is 20.2. The molecule has 3 heterocycles. The number of aliphatic hydroxyl groups excluding tert-OH is 1. The van der Waals surface area contributed by atoms with Gasteiger partial charge in [-0.1, -0.05) is 31.0 Å². The first-order valence-electron chi connectivity index (χ1n) is 11.7. The molecule has 1 unspecified atom stereocenters. The van der Waals surface area contributed by atoms with E-state index in [-0.39, 0.29) is 6.10 Å². The van der Waals surface area contributed by atoms with Gasteiger partial charge in [0.2, 0.25) is 0 Å². The molecule has 0 radical (unpaired) electrons. The summed E-state index contributed by atoms with van der Waals surface area (Å²) in [6.45, 7) is 5.58. The Balaban J connectivity index is 1.26. The monoisotopic (exact) mass is 386 g/mol. The van der Waals surface area contributed by atoms with Gasteiger partial charge < -0.3 is 14.7 Å². The predicted molar refractivity (Wildman–Crippen MR) is 114 cm³/mol. The van der Waals surface area contributed by atoms with E-state index in [9.17, 15) is 5.11 Å². The Morgan fingerprint density at radius 1 is 0.929 bits per heavy atom. The Morgan fingerprint density at radius 2 is 1.68 bits per heavy atom. The molecular formula is C24H38N2O2. The Morgan fingerprint density at radius 3 is 2.46 bits per heavy atom. The quantitative estimate of drug-likeness (QED) is 0.679. The van der Waals surface area contributed by atoms with Gasteiger partial charge in [0, 0.05) is 24.2 Å². The number of para-hydroxylation sites is 1. The molecule has 0 aliphatic carbocycles. The molecule has 2 bridgehead atoms. The third kappa shape index (κ3) is 5.28. The second kappa shape index (κ2) is 10.1. The maximum absolute atomic E-state index is 10.2. The molecule has 0 saturated carbocycles. The van der Waals surface area contributed by atoms with E-state index in [1.807, 2.05) is 0 Å². The minimum Gasteiger partial charge on any atom is -0.493 e. The standard InChI is InChI=1S/C24H38N2O2/c27-23-17-21-10-8-11-22(18-23)26(21)19-20-9-2-3-12-24(20)28-16-7-6-15-25-13-4-1-5-14-25/h2-3,9,12,21-23,27H,1,4-8,10-11,13-19H2/t21-,22+,23?. The minimum absolute atomic E-state index is 0.0991. The van der Waals surface area contributed by atoms with E-state index in [4.69, 9.17) is 4.74 Å². The van der Waals surface area contributed by atoms with Crippen LogP contribution in [0.1, 0.15) is 69.8 Å². The lowest BCUT2D eigenvalue weighted by Crippen LogP contribution is -2.52. The van der Waals surface area contributed by atoms with Crippen molar-refractivity contribution in [2.24, 2.45) is 0 Å². The fourth-order valence-electron chi connectivity index (χ4n) is 5.48. The van der Waals surface area contributed by atoms with Crippen LogP contribution in [0.2, 0.25) is 0 Å². The van der Waals surface area contributed by atoms with Crippen LogP contribution < -0.4 is 4.74 Å². The molecule has 0 amide bonds. The van der Waals surface area contributed by atoms with Crippen LogP contribution in [0, 0.1) is 0 Å². The predicted octanol–water partition coefficient (Wildman–Crippen LogP) is 4.21. The summed E-state index contributed by atoms with van der Waals surface area (Å²) in [5, 5.41) is 10.2. The Bertz CT molecular complexity index is 588. The van der Waals surface area contributed by atoms with Crippen LogP contribution in [0.15, 0.2) is 24.3 Å². The Kier molecular flexibility index (Phi) is 7.27. The normalized spacial score (nSPS) is 29.0. The van der Waals surface area contributed by atoms with Crippen LogP contribution in [-0.2, 0) is 6.54 Å². The third-order valence-electron chi connectivity index (χ3n) is 7.00. The number of unbranched alkanes of at least 4 members (excludes halogenated alkanes) is 1. The van der Waals surface area contributed by atoms with Crippen molar-refractivity contribution in [3.05, 3.63) is 29.8 Å². The summed E-state index contributed by atoms with van der Waals surface area (Å²) in [5.74, 6) is 1.06. The molecule has 1 aromatic rings. The number of hydrogen-bond donors (Lipinski definition) is 1. The molecule has 4 nitrogen and oxygen atoms in total.